The maximum atomic E-state index is 12.2. The van der Waals surface area contributed by atoms with Crippen LogP contribution in [-0.4, -0.2) is 56.9 Å². The summed E-state index contributed by atoms with van der Waals surface area (Å²) in [6, 6.07) is 8.60. The highest BCUT2D eigenvalue weighted by atomic mass is 16.7. The molecular weight excluding hydrogens is 494 g/mol. The minimum atomic E-state index is -0.881. The Labute approximate surface area is 219 Å². The van der Waals surface area contributed by atoms with Crippen LogP contribution in [0.1, 0.15) is 55.4 Å². The number of hydrogen-bond donors (Lipinski definition) is 3. The number of fused-ring (bicyclic) bond motifs is 1. The number of rotatable bonds is 8. The SMILES string of the molecule is CCOC(=O)c1ccc2c(c1)OC(C(c1ccc(O)c(O)c1)n1cnc(CCNC(=O)OC(C)(C)C)c1)O2. The van der Waals surface area contributed by atoms with E-state index in [1.54, 1.807) is 69.1 Å². The largest absolute Gasteiger partial charge is 0.504 e. The molecule has 0 spiro atoms. The van der Waals surface area contributed by atoms with Gasteiger partial charge in [0.05, 0.1) is 24.2 Å². The quantitative estimate of drug-likeness (QED) is 0.295. The van der Waals surface area contributed by atoms with E-state index in [4.69, 9.17) is 18.9 Å². The summed E-state index contributed by atoms with van der Waals surface area (Å²) in [5.41, 5.74) is 1.01. The zero-order chi connectivity index (χ0) is 27.4. The number of alkyl carbamates (subject to hydrolysis) is 1. The Balaban J connectivity index is 1.54. The fraction of sp³-hybridized carbons (Fsp3) is 0.370. The second-order valence-corrected chi connectivity index (χ2v) is 9.67. The Morgan fingerprint density at radius 2 is 1.87 bits per heavy atom. The molecule has 0 saturated carbocycles. The lowest BCUT2D eigenvalue weighted by Crippen LogP contribution is -2.33. The Bertz CT molecular complexity index is 1310. The van der Waals surface area contributed by atoms with Gasteiger partial charge >= 0.3 is 12.1 Å². The van der Waals surface area contributed by atoms with Crippen LogP contribution in [0.25, 0.3) is 0 Å². The fourth-order valence-electron chi connectivity index (χ4n) is 3.90. The number of nitrogens with one attached hydrogen (secondary N) is 1. The minimum Gasteiger partial charge on any atom is -0.504 e. The second kappa shape index (κ2) is 10.9. The molecule has 1 aliphatic heterocycles. The van der Waals surface area contributed by atoms with E-state index < -0.39 is 30.0 Å². The average Bonchev–Trinajstić information content (AvgIpc) is 3.47. The zero-order valence-corrected chi connectivity index (χ0v) is 21.6. The number of benzene rings is 2. The first kappa shape index (κ1) is 26.6. The van der Waals surface area contributed by atoms with E-state index in [0.717, 1.165) is 0 Å². The maximum absolute atomic E-state index is 12.2. The van der Waals surface area contributed by atoms with Crippen molar-refractivity contribution >= 4 is 12.1 Å². The van der Waals surface area contributed by atoms with Crippen LogP contribution < -0.4 is 14.8 Å². The van der Waals surface area contributed by atoms with Crippen molar-refractivity contribution in [2.45, 2.75) is 52.0 Å². The molecule has 4 rings (SSSR count). The van der Waals surface area contributed by atoms with Crippen LogP contribution in [0.5, 0.6) is 23.0 Å². The predicted octanol–water partition coefficient (Wildman–Crippen LogP) is 3.93. The second-order valence-electron chi connectivity index (χ2n) is 9.67. The molecule has 0 radical (unpaired) electrons. The summed E-state index contributed by atoms with van der Waals surface area (Å²) in [6.07, 6.45) is 2.42. The number of hydrogen-bond acceptors (Lipinski definition) is 9. The van der Waals surface area contributed by atoms with Crippen molar-refractivity contribution in [3.8, 4) is 23.0 Å². The van der Waals surface area contributed by atoms with Crippen molar-refractivity contribution < 1.29 is 38.7 Å². The van der Waals surface area contributed by atoms with Gasteiger partial charge in [-0.3, -0.25) is 0 Å². The van der Waals surface area contributed by atoms with Crippen LogP contribution in [0.2, 0.25) is 0 Å². The van der Waals surface area contributed by atoms with Crippen molar-refractivity contribution in [3.05, 3.63) is 65.7 Å². The summed E-state index contributed by atoms with van der Waals surface area (Å²) >= 11 is 0. The number of phenols is 2. The van der Waals surface area contributed by atoms with Gasteiger partial charge in [0.1, 0.15) is 11.6 Å². The molecule has 2 unspecified atom stereocenters. The molecule has 3 N–H and O–H groups in total. The lowest BCUT2D eigenvalue weighted by Gasteiger charge is -2.24. The number of esters is 1. The Hall–Kier alpha value is -4.41. The predicted molar refractivity (Wildman–Crippen MR) is 136 cm³/mol. The number of phenolic OH excluding ortho intramolecular Hbond substituents is 2. The fourth-order valence-corrected chi connectivity index (χ4v) is 3.90. The Kier molecular flexibility index (Phi) is 7.65. The van der Waals surface area contributed by atoms with E-state index in [-0.39, 0.29) is 18.1 Å². The van der Waals surface area contributed by atoms with E-state index in [0.29, 0.717) is 41.3 Å². The molecule has 0 bridgehead atoms. The molecule has 0 aliphatic carbocycles. The van der Waals surface area contributed by atoms with Crippen molar-refractivity contribution in [2.24, 2.45) is 0 Å². The molecule has 2 atom stereocenters. The first-order valence-corrected chi connectivity index (χ1v) is 12.2. The maximum Gasteiger partial charge on any atom is 0.407 e. The standard InChI is InChI=1S/C27H31N3O8/c1-5-35-24(33)17-7-9-21-22(13-17)37-25(36-21)23(16-6-8-19(31)20(32)12-16)30-14-18(29-15-30)10-11-28-26(34)38-27(2,3)4/h6-9,12-15,23,25,31-32H,5,10-11H2,1-4H3,(H,28,34). The Morgan fingerprint density at radius 1 is 1.11 bits per heavy atom. The molecular formula is C27H31N3O8. The van der Waals surface area contributed by atoms with Crippen molar-refractivity contribution in [3.63, 3.8) is 0 Å². The molecule has 1 aliphatic rings. The van der Waals surface area contributed by atoms with Gasteiger partial charge in [0.25, 0.3) is 6.29 Å². The zero-order valence-electron chi connectivity index (χ0n) is 21.6. The van der Waals surface area contributed by atoms with Crippen LogP contribution in [-0.2, 0) is 15.9 Å². The van der Waals surface area contributed by atoms with E-state index in [1.165, 1.54) is 12.1 Å². The third kappa shape index (κ3) is 6.28. The van der Waals surface area contributed by atoms with Gasteiger partial charge in [0.2, 0.25) is 0 Å². The third-order valence-electron chi connectivity index (χ3n) is 5.57. The smallest absolute Gasteiger partial charge is 0.407 e. The van der Waals surface area contributed by atoms with Gasteiger partial charge in [-0.25, -0.2) is 14.6 Å². The minimum absolute atomic E-state index is 0.249. The first-order chi connectivity index (χ1) is 18.0. The van der Waals surface area contributed by atoms with E-state index in [2.05, 4.69) is 10.3 Å². The normalized spacial score (nSPS) is 15.1. The summed E-state index contributed by atoms with van der Waals surface area (Å²) in [4.78, 5) is 28.5. The number of nitrogens with zero attached hydrogens (tertiary/aromatic N) is 2. The number of aromatic hydroxyl groups is 2. The highest BCUT2D eigenvalue weighted by Crippen LogP contribution is 2.41. The number of ether oxygens (including phenoxy) is 4. The monoisotopic (exact) mass is 525 g/mol. The molecule has 202 valence electrons. The number of carbonyl (C=O) groups is 2. The van der Waals surface area contributed by atoms with Crippen LogP contribution in [0.3, 0.4) is 0 Å². The van der Waals surface area contributed by atoms with Crippen molar-refractivity contribution in [1.82, 2.24) is 14.9 Å². The van der Waals surface area contributed by atoms with Gasteiger partial charge in [0, 0.05) is 19.2 Å². The lowest BCUT2D eigenvalue weighted by atomic mass is 10.1. The molecule has 3 aromatic rings. The summed E-state index contributed by atoms with van der Waals surface area (Å²) in [6.45, 7) is 7.66. The molecule has 11 heteroatoms. The summed E-state index contributed by atoms with van der Waals surface area (Å²) in [7, 11) is 0. The highest BCUT2D eigenvalue weighted by molar-refractivity contribution is 5.90. The molecule has 2 heterocycles. The van der Waals surface area contributed by atoms with Gasteiger partial charge < -0.3 is 39.0 Å². The summed E-state index contributed by atoms with van der Waals surface area (Å²) in [5, 5.41) is 22.7. The molecule has 0 saturated heterocycles. The highest BCUT2D eigenvalue weighted by Gasteiger charge is 2.35. The van der Waals surface area contributed by atoms with Crippen LogP contribution in [0.4, 0.5) is 4.79 Å². The van der Waals surface area contributed by atoms with Gasteiger partial charge in [-0.2, -0.15) is 0 Å². The summed E-state index contributed by atoms with van der Waals surface area (Å²) < 4.78 is 24.2. The summed E-state index contributed by atoms with van der Waals surface area (Å²) in [5.74, 6) is -0.216. The molecule has 11 nitrogen and oxygen atoms in total. The Morgan fingerprint density at radius 3 is 2.58 bits per heavy atom. The molecule has 1 aromatic heterocycles. The van der Waals surface area contributed by atoms with Gasteiger partial charge in [-0.1, -0.05) is 6.07 Å². The van der Waals surface area contributed by atoms with E-state index in [1.807, 2.05) is 0 Å². The van der Waals surface area contributed by atoms with Gasteiger partial charge in [-0.05, 0) is 63.6 Å². The van der Waals surface area contributed by atoms with E-state index in [9.17, 15) is 19.8 Å². The molecule has 38 heavy (non-hydrogen) atoms. The topological polar surface area (TPSA) is 141 Å². The molecule has 1 amide bonds. The van der Waals surface area contributed by atoms with Crippen molar-refractivity contribution in [2.75, 3.05) is 13.2 Å². The molecule has 2 aromatic carbocycles. The number of carbonyl (C=O) groups excluding carboxylic acids is 2. The third-order valence-corrected chi connectivity index (χ3v) is 5.57. The first-order valence-electron chi connectivity index (χ1n) is 12.2. The molecule has 0 fully saturated rings. The van der Waals surface area contributed by atoms with Crippen LogP contribution >= 0.6 is 0 Å². The van der Waals surface area contributed by atoms with Crippen LogP contribution in [0.15, 0.2) is 48.9 Å². The number of imidazole rings is 1. The number of aromatic nitrogens is 2. The average molecular weight is 526 g/mol. The van der Waals surface area contributed by atoms with Gasteiger partial charge in [0.15, 0.2) is 23.0 Å². The van der Waals surface area contributed by atoms with Gasteiger partial charge in [-0.15, -0.1) is 0 Å². The lowest BCUT2D eigenvalue weighted by molar-refractivity contribution is 0.0147. The van der Waals surface area contributed by atoms with E-state index >= 15 is 0 Å². The van der Waals surface area contributed by atoms with Crippen molar-refractivity contribution in [1.29, 1.82) is 0 Å². The number of amides is 1. The van der Waals surface area contributed by atoms with Crippen LogP contribution in [0, 0.1) is 0 Å².